The molecule has 0 spiro atoms. The van der Waals surface area contributed by atoms with E-state index in [1.807, 2.05) is 43.3 Å². The summed E-state index contributed by atoms with van der Waals surface area (Å²) in [4.78, 5) is 15.5. The fourth-order valence-electron chi connectivity index (χ4n) is 2.68. The molecule has 3 rings (SSSR count). The average molecular weight is 347 g/mol. The van der Waals surface area contributed by atoms with Gasteiger partial charge in [0, 0.05) is 34.8 Å². The fourth-order valence-corrected chi connectivity index (χ4v) is 3.72. The molecule has 1 saturated heterocycles. The first kappa shape index (κ1) is 16.1. The van der Waals surface area contributed by atoms with Crippen molar-refractivity contribution < 1.29 is 4.79 Å². The van der Waals surface area contributed by atoms with E-state index < -0.39 is 0 Å². The minimum absolute atomic E-state index is 0.0705. The van der Waals surface area contributed by atoms with Crippen LogP contribution in [0.5, 0.6) is 0 Å². The standard InChI is InChI=1S/C18H19ClN2OS/c1-13(21-10-2-3-11-21)12-17(22)20-18-9-8-16(23-18)14-4-6-15(19)7-5-14/h4-9,12H,2-3,10-11H2,1H3,(H,20,22). The molecule has 0 radical (unpaired) electrons. The number of carbonyl (C=O) groups excluding carboxylic acids is 1. The van der Waals surface area contributed by atoms with E-state index in [1.54, 1.807) is 17.4 Å². The van der Waals surface area contributed by atoms with E-state index in [9.17, 15) is 4.79 Å². The van der Waals surface area contributed by atoms with Crippen molar-refractivity contribution in [2.45, 2.75) is 19.8 Å². The Morgan fingerprint density at radius 3 is 2.57 bits per heavy atom. The summed E-state index contributed by atoms with van der Waals surface area (Å²) in [5, 5.41) is 4.52. The average Bonchev–Trinajstić information content (AvgIpc) is 3.19. The van der Waals surface area contributed by atoms with Gasteiger partial charge in [-0.25, -0.2) is 0 Å². The van der Waals surface area contributed by atoms with E-state index in [0.717, 1.165) is 39.3 Å². The SMILES string of the molecule is CC(=CC(=O)Nc1ccc(-c2ccc(Cl)cc2)s1)N1CCCC1. The molecule has 0 saturated carbocycles. The lowest BCUT2D eigenvalue weighted by Crippen LogP contribution is -2.19. The molecule has 1 amide bonds. The molecule has 3 nitrogen and oxygen atoms in total. The molecule has 1 aromatic carbocycles. The van der Waals surface area contributed by atoms with E-state index in [1.165, 1.54) is 12.8 Å². The maximum atomic E-state index is 12.1. The molecule has 5 heteroatoms. The maximum absolute atomic E-state index is 12.1. The molecule has 0 unspecified atom stereocenters. The molecule has 1 aliphatic rings. The van der Waals surface area contributed by atoms with Gasteiger partial charge < -0.3 is 10.2 Å². The normalized spacial score (nSPS) is 15.0. The number of nitrogens with zero attached hydrogens (tertiary/aromatic N) is 1. The number of thiophene rings is 1. The number of nitrogens with one attached hydrogen (secondary N) is 1. The van der Waals surface area contributed by atoms with E-state index in [-0.39, 0.29) is 5.91 Å². The quantitative estimate of drug-likeness (QED) is 0.789. The second kappa shape index (κ2) is 7.20. The van der Waals surface area contributed by atoms with E-state index in [4.69, 9.17) is 11.6 Å². The molecule has 1 fully saturated rings. The van der Waals surface area contributed by atoms with Gasteiger partial charge in [0.2, 0.25) is 0 Å². The molecule has 0 bridgehead atoms. The third-order valence-electron chi connectivity index (χ3n) is 3.93. The summed E-state index contributed by atoms with van der Waals surface area (Å²) in [6.45, 7) is 4.10. The van der Waals surface area contributed by atoms with Gasteiger partial charge in [-0.15, -0.1) is 11.3 Å². The van der Waals surface area contributed by atoms with Crippen LogP contribution in [0.4, 0.5) is 5.00 Å². The summed E-state index contributed by atoms with van der Waals surface area (Å²) in [6.07, 6.45) is 4.11. The highest BCUT2D eigenvalue weighted by Gasteiger charge is 2.13. The lowest BCUT2D eigenvalue weighted by Gasteiger charge is -2.17. The topological polar surface area (TPSA) is 32.3 Å². The van der Waals surface area contributed by atoms with E-state index in [2.05, 4.69) is 10.2 Å². The highest BCUT2D eigenvalue weighted by Crippen LogP contribution is 2.32. The van der Waals surface area contributed by atoms with Gasteiger partial charge in [0.05, 0.1) is 5.00 Å². The van der Waals surface area contributed by atoms with Crippen LogP contribution in [-0.2, 0) is 4.79 Å². The predicted molar refractivity (Wildman–Crippen MR) is 98.0 cm³/mol. The summed E-state index contributed by atoms with van der Waals surface area (Å²) < 4.78 is 0. The summed E-state index contributed by atoms with van der Waals surface area (Å²) in [6, 6.07) is 11.7. The summed E-state index contributed by atoms with van der Waals surface area (Å²) in [5.41, 5.74) is 2.14. The lowest BCUT2D eigenvalue weighted by molar-refractivity contribution is -0.112. The monoisotopic (exact) mass is 346 g/mol. The first-order valence-electron chi connectivity index (χ1n) is 7.72. The minimum Gasteiger partial charge on any atom is -0.375 e. The zero-order valence-electron chi connectivity index (χ0n) is 13.0. The van der Waals surface area contributed by atoms with Crippen LogP contribution in [-0.4, -0.2) is 23.9 Å². The molecule has 2 heterocycles. The van der Waals surface area contributed by atoms with Gasteiger partial charge in [-0.1, -0.05) is 23.7 Å². The van der Waals surface area contributed by atoms with Gasteiger partial charge in [0.1, 0.15) is 0 Å². The Labute approximate surface area is 145 Å². The number of hydrogen-bond donors (Lipinski definition) is 1. The van der Waals surface area contributed by atoms with Crippen molar-refractivity contribution in [1.82, 2.24) is 4.90 Å². The molecule has 120 valence electrons. The highest BCUT2D eigenvalue weighted by molar-refractivity contribution is 7.19. The minimum atomic E-state index is -0.0705. The van der Waals surface area contributed by atoms with Gasteiger partial charge in [-0.2, -0.15) is 0 Å². The molecule has 0 aliphatic carbocycles. The number of likely N-dealkylation sites (tertiary alicyclic amines) is 1. The smallest absolute Gasteiger partial charge is 0.250 e. The largest absolute Gasteiger partial charge is 0.375 e. The Balaban J connectivity index is 1.65. The number of anilines is 1. The van der Waals surface area contributed by atoms with Crippen molar-refractivity contribution in [2.24, 2.45) is 0 Å². The van der Waals surface area contributed by atoms with Crippen LogP contribution in [0.2, 0.25) is 5.02 Å². The van der Waals surface area contributed by atoms with Crippen LogP contribution < -0.4 is 5.32 Å². The van der Waals surface area contributed by atoms with Crippen molar-refractivity contribution in [3.63, 3.8) is 0 Å². The Bertz CT molecular complexity index is 715. The zero-order valence-corrected chi connectivity index (χ0v) is 14.6. The molecular weight excluding hydrogens is 328 g/mol. The number of carbonyl (C=O) groups is 1. The van der Waals surface area contributed by atoms with Crippen molar-refractivity contribution in [2.75, 3.05) is 18.4 Å². The second-order valence-corrected chi connectivity index (χ2v) is 7.16. The van der Waals surface area contributed by atoms with Gasteiger partial charge in [-0.3, -0.25) is 4.79 Å². The molecule has 2 aromatic rings. The van der Waals surface area contributed by atoms with Crippen LogP contribution in [0, 0.1) is 0 Å². The van der Waals surface area contributed by atoms with E-state index in [0.29, 0.717) is 0 Å². The van der Waals surface area contributed by atoms with Gasteiger partial charge in [-0.05, 0) is 49.6 Å². The molecular formula is C18H19ClN2OS. The first-order valence-corrected chi connectivity index (χ1v) is 8.91. The van der Waals surface area contributed by atoms with Crippen molar-refractivity contribution >= 4 is 33.8 Å². The van der Waals surface area contributed by atoms with Crippen LogP contribution in [0.15, 0.2) is 48.2 Å². The van der Waals surface area contributed by atoms with Crippen LogP contribution >= 0.6 is 22.9 Å². The van der Waals surface area contributed by atoms with Crippen LogP contribution in [0.1, 0.15) is 19.8 Å². The Kier molecular flexibility index (Phi) is 5.03. The van der Waals surface area contributed by atoms with Crippen molar-refractivity contribution in [3.8, 4) is 10.4 Å². The number of amides is 1. The Morgan fingerprint density at radius 1 is 1.17 bits per heavy atom. The van der Waals surface area contributed by atoms with Gasteiger partial charge in [0.15, 0.2) is 0 Å². The number of allylic oxidation sites excluding steroid dienone is 1. The van der Waals surface area contributed by atoms with Crippen molar-refractivity contribution in [3.05, 3.63) is 53.2 Å². The molecule has 1 aromatic heterocycles. The Morgan fingerprint density at radius 2 is 1.87 bits per heavy atom. The predicted octanol–water partition coefficient (Wildman–Crippen LogP) is 5.01. The number of halogens is 1. The van der Waals surface area contributed by atoms with Gasteiger partial charge in [0.25, 0.3) is 5.91 Å². The van der Waals surface area contributed by atoms with Gasteiger partial charge >= 0.3 is 0 Å². The van der Waals surface area contributed by atoms with Crippen LogP contribution in [0.3, 0.4) is 0 Å². The van der Waals surface area contributed by atoms with Crippen molar-refractivity contribution in [1.29, 1.82) is 0 Å². The summed E-state index contributed by atoms with van der Waals surface area (Å²) in [5.74, 6) is -0.0705. The fraction of sp³-hybridized carbons (Fsp3) is 0.278. The molecule has 1 N–H and O–H groups in total. The maximum Gasteiger partial charge on any atom is 0.250 e. The lowest BCUT2D eigenvalue weighted by atomic mass is 10.2. The number of hydrogen-bond acceptors (Lipinski definition) is 3. The first-order chi connectivity index (χ1) is 11.1. The zero-order chi connectivity index (χ0) is 16.2. The number of rotatable bonds is 4. The number of benzene rings is 1. The van der Waals surface area contributed by atoms with Crippen LogP contribution in [0.25, 0.3) is 10.4 Å². The second-order valence-electron chi connectivity index (χ2n) is 5.64. The molecule has 0 atom stereocenters. The highest BCUT2D eigenvalue weighted by atomic mass is 35.5. The van der Waals surface area contributed by atoms with E-state index >= 15 is 0 Å². The Hall–Kier alpha value is -1.78. The third-order valence-corrected chi connectivity index (χ3v) is 5.23. The third kappa shape index (κ3) is 4.15. The summed E-state index contributed by atoms with van der Waals surface area (Å²) >= 11 is 7.47. The summed E-state index contributed by atoms with van der Waals surface area (Å²) in [7, 11) is 0. The molecule has 1 aliphatic heterocycles. The molecule has 23 heavy (non-hydrogen) atoms.